The summed E-state index contributed by atoms with van der Waals surface area (Å²) in [5.74, 6) is 0.748. The predicted molar refractivity (Wildman–Crippen MR) is 91.9 cm³/mol. The second kappa shape index (κ2) is 9.17. The molecule has 2 rings (SSSR count). The number of nitrogens with zero attached hydrogens (tertiary/aromatic N) is 2. The molecule has 0 aliphatic rings. The van der Waals surface area contributed by atoms with Crippen molar-refractivity contribution in [1.82, 2.24) is 20.4 Å². The topological polar surface area (TPSA) is 68.2 Å². The van der Waals surface area contributed by atoms with Crippen LogP contribution in [0.15, 0.2) is 36.7 Å². The van der Waals surface area contributed by atoms with Crippen LogP contribution in [0.25, 0.3) is 0 Å². The fourth-order valence-electron chi connectivity index (χ4n) is 2.19. The molecule has 126 valence electrons. The van der Waals surface area contributed by atoms with Crippen LogP contribution in [-0.2, 0) is 11.8 Å². The van der Waals surface area contributed by atoms with Gasteiger partial charge in [-0.25, -0.2) is 0 Å². The molecule has 0 saturated heterocycles. The van der Waals surface area contributed by atoms with E-state index >= 15 is 0 Å². The number of amides is 1. The van der Waals surface area contributed by atoms with Gasteiger partial charge in [-0.3, -0.25) is 9.48 Å². The molecular formula is C16H23ClN4O2. The Labute approximate surface area is 142 Å². The smallest absolute Gasteiger partial charge is 0.241 e. The summed E-state index contributed by atoms with van der Waals surface area (Å²) in [7, 11) is 3.57. The first-order valence-electron chi connectivity index (χ1n) is 7.23. The molecule has 0 radical (unpaired) electrons. The average molecular weight is 339 g/mol. The number of likely N-dealkylation sites (N-methyl/N-ethyl adjacent to an activating group) is 1. The fourth-order valence-corrected chi connectivity index (χ4v) is 2.19. The van der Waals surface area contributed by atoms with Crippen molar-refractivity contribution in [3.63, 3.8) is 0 Å². The molecule has 2 aromatic rings. The number of benzene rings is 1. The first-order valence-corrected chi connectivity index (χ1v) is 7.23. The van der Waals surface area contributed by atoms with E-state index in [0.717, 1.165) is 16.9 Å². The summed E-state index contributed by atoms with van der Waals surface area (Å²) >= 11 is 0. The molecule has 6 nitrogen and oxygen atoms in total. The molecule has 0 aliphatic carbocycles. The van der Waals surface area contributed by atoms with Crippen LogP contribution in [0.1, 0.15) is 17.2 Å². The minimum absolute atomic E-state index is 0. The second-order valence-corrected chi connectivity index (χ2v) is 5.07. The van der Waals surface area contributed by atoms with E-state index in [1.54, 1.807) is 17.9 Å². The molecule has 1 aromatic carbocycles. The van der Waals surface area contributed by atoms with E-state index in [1.807, 2.05) is 44.4 Å². The number of nitrogens with one attached hydrogen (secondary N) is 2. The molecule has 0 saturated carbocycles. The molecule has 7 heteroatoms. The number of carbonyl (C=O) groups excluding carboxylic acids is 1. The Hall–Kier alpha value is -2.05. The van der Waals surface area contributed by atoms with E-state index in [1.165, 1.54) is 0 Å². The summed E-state index contributed by atoms with van der Waals surface area (Å²) < 4.78 is 7.33. The number of rotatable bonds is 7. The van der Waals surface area contributed by atoms with Gasteiger partial charge in [0.05, 0.1) is 12.7 Å². The van der Waals surface area contributed by atoms with Gasteiger partial charge in [0.25, 0.3) is 0 Å². The van der Waals surface area contributed by atoms with Gasteiger partial charge in [-0.15, -0.1) is 12.4 Å². The van der Waals surface area contributed by atoms with Crippen molar-refractivity contribution in [3.05, 3.63) is 47.8 Å². The van der Waals surface area contributed by atoms with Crippen molar-refractivity contribution >= 4 is 18.3 Å². The normalized spacial score (nSPS) is 11.4. The Kier molecular flexibility index (Phi) is 7.57. The maximum absolute atomic E-state index is 12.2. The number of para-hydroxylation sites is 1. The molecule has 1 unspecified atom stereocenters. The van der Waals surface area contributed by atoms with Crippen LogP contribution in [0.2, 0.25) is 0 Å². The predicted octanol–water partition coefficient (Wildman–Crippen LogP) is 1.61. The summed E-state index contributed by atoms with van der Waals surface area (Å²) in [4.78, 5) is 12.2. The second-order valence-electron chi connectivity index (χ2n) is 5.07. The van der Waals surface area contributed by atoms with Crippen LogP contribution in [-0.4, -0.2) is 35.9 Å². The zero-order valence-electron chi connectivity index (χ0n) is 13.6. The Morgan fingerprint density at radius 1 is 1.39 bits per heavy atom. The Bertz CT molecular complexity index is 630. The van der Waals surface area contributed by atoms with Crippen molar-refractivity contribution in [2.24, 2.45) is 7.05 Å². The van der Waals surface area contributed by atoms with E-state index < -0.39 is 6.04 Å². The molecule has 1 amide bonds. The lowest BCUT2D eigenvalue weighted by Crippen LogP contribution is -2.37. The third-order valence-electron chi connectivity index (χ3n) is 3.36. The quantitative estimate of drug-likeness (QED) is 0.753. The first kappa shape index (κ1) is 19.0. The molecule has 2 N–H and O–H groups in total. The van der Waals surface area contributed by atoms with Gasteiger partial charge in [0.2, 0.25) is 5.91 Å². The molecular weight excluding hydrogens is 316 g/mol. The first-order chi connectivity index (χ1) is 10.6. The number of aryl methyl sites for hydroxylation is 2. The largest absolute Gasteiger partial charge is 0.491 e. The van der Waals surface area contributed by atoms with Crippen molar-refractivity contribution in [3.8, 4) is 5.75 Å². The lowest BCUT2D eigenvalue weighted by Gasteiger charge is -2.15. The highest BCUT2D eigenvalue weighted by Gasteiger charge is 2.19. The minimum Gasteiger partial charge on any atom is -0.491 e. The van der Waals surface area contributed by atoms with Crippen LogP contribution in [0.4, 0.5) is 0 Å². The van der Waals surface area contributed by atoms with Gasteiger partial charge in [0.15, 0.2) is 0 Å². The number of hydrogen-bond acceptors (Lipinski definition) is 4. The molecule has 23 heavy (non-hydrogen) atoms. The van der Waals surface area contributed by atoms with Crippen LogP contribution < -0.4 is 15.4 Å². The standard InChI is InChI=1S/C16H22N4O2.ClH/c1-12-6-4-5-7-14(12)22-9-8-18-16(21)15(17-2)13-10-19-20(3)11-13;/h4-7,10-11,15,17H,8-9H2,1-3H3,(H,18,21);1H. The Morgan fingerprint density at radius 3 is 2.74 bits per heavy atom. The van der Waals surface area contributed by atoms with Gasteiger partial charge in [-0.2, -0.15) is 5.10 Å². The molecule has 0 bridgehead atoms. The highest BCUT2D eigenvalue weighted by Crippen LogP contribution is 2.15. The Balaban J connectivity index is 0.00000264. The number of ether oxygens (including phenoxy) is 1. The summed E-state index contributed by atoms with van der Waals surface area (Å²) in [5.41, 5.74) is 1.92. The van der Waals surface area contributed by atoms with Gasteiger partial charge in [-0.1, -0.05) is 18.2 Å². The Morgan fingerprint density at radius 2 is 2.13 bits per heavy atom. The molecule has 0 spiro atoms. The zero-order valence-corrected chi connectivity index (χ0v) is 14.4. The maximum Gasteiger partial charge on any atom is 0.241 e. The average Bonchev–Trinajstić information content (AvgIpc) is 2.92. The third kappa shape index (κ3) is 5.26. The SMILES string of the molecule is CNC(C(=O)NCCOc1ccccc1C)c1cnn(C)c1.Cl. The van der Waals surface area contributed by atoms with Crippen LogP contribution in [0, 0.1) is 6.92 Å². The number of carbonyl (C=O) groups is 1. The highest BCUT2D eigenvalue weighted by atomic mass is 35.5. The zero-order chi connectivity index (χ0) is 15.9. The van der Waals surface area contributed by atoms with Gasteiger partial charge >= 0.3 is 0 Å². The van der Waals surface area contributed by atoms with E-state index in [4.69, 9.17) is 4.74 Å². The van der Waals surface area contributed by atoms with Gasteiger partial charge < -0.3 is 15.4 Å². The summed E-state index contributed by atoms with van der Waals surface area (Å²) in [6.45, 7) is 2.87. The van der Waals surface area contributed by atoms with Gasteiger partial charge in [-0.05, 0) is 25.6 Å². The van der Waals surface area contributed by atoms with E-state index in [-0.39, 0.29) is 18.3 Å². The molecule has 1 atom stereocenters. The third-order valence-corrected chi connectivity index (χ3v) is 3.36. The lowest BCUT2D eigenvalue weighted by atomic mass is 10.1. The molecule has 1 heterocycles. The number of hydrogen-bond donors (Lipinski definition) is 2. The maximum atomic E-state index is 12.2. The van der Waals surface area contributed by atoms with Crippen LogP contribution in [0.5, 0.6) is 5.75 Å². The summed E-state index contributed by atoms with van der Waals surface area (Å²) in [6, 6.07) is 7.40. The van der Waals surface area contributed by atoms with Crippen LogP contribution in [0.3, 0.4) is 0 Å². The van der Waals surface area contributed by atoms with Crippen molar-refractivity contribution in [2.45, 2.75) is 13.0 Å². The fraction of sp³-hybridized carbons (Fsp3) is 0.375. The van der Waals surface area contributed by atoms with Crippen molar-refractivity contribution in [1.29, 1.82) is 0 Å². The van der Waals surface area contributed by atoms with E-state index in [2.05, 4.69) is 15.7 Å². The van der Waals surface area contributed by atoms with Crippen molar-refractivity contribution in [2.75, 3.05) is 20.2 Å². The highest BCUT2D eigenvalue weighted by molar-refractivity contribution is 5.85. The number of aromatic nitrogens is 2. The molecule has 1 aromatic heterocycles. The van der Waals surface area contributed by atoms with Gasteiger partial charge in [0.1, 0.15) is 18.4 Å². The van der Waals surface area contributed by atoms with Gasteiger partial charge in [0, 0.05) is 18.8 Å². The summed E-state index contributed by atoms with van der Waals surface area (Å²) in [5, 5.41) is 9.95. The van der Waals surface area contributed by atoms with Crippen molar-refractivity contribution < 1.29 is 9.53 Å². The lowest BCUT2D eigenvalue weighted by molar-refractivity contribution is -0.123. The summed E-state index contributed by atoms with van der Waals surface area (Å²) in [6.07, 6.45) is 3.51. The van der Waals surface area contributed by atoms with E-state index in [9.17, 15) is 4.79 Å². The molecule has 0 aliphatic heterocycles. The van der Waals surface area contributed by atoms with Crippen LogP contribution >= 0.6 is 12.4 Å². The number of halogens is 1. The molecule has 0 fully saturated rings. The monoisotopic (exact) mass is 338 g/mol. The van der Waals surface area contributed by atoms with E-state index in [0.29, 0.717) is 13.2 Å². The minimum atomic E-state index is -0.410.